The van der Waals surface area contributed by atoms with Gasteiger partial charge in [0.15, 0.2) is 0 Å². The zero-order valence-electron chi connectivity index (χ0n) is 16.8. The smallest absolute Gasteiger partial charge is 0.310 e. The first-order chi connectivity index (χ1) is 12.6. The highest BCUT2D eigenvalue weighted by Gasteiger charge is 2.17. The van der Waals surface area contributed by atoms with Gasteiger partial charge in [0.05, 0.1) is 12.3 Å². The summed E-state index contributed by atoms with van der Waals surface area (Å²) in [6.45, 7) is 2.26. The first-order valence-corrected chi connectivity index (χ1v) is 10.7. The third-order valence-electron chi connectivity index (χ3n) is 4.80. The molecule has 0 saturated heterocycles. The van der Waals surface area contributed by atoms with Crippen molar-refractivity contribution in [2.24, 2.45) is 5.92 Å². The molecule has 0 aliphatic carbocycles. The lowest BCUT2D eigenvalue weighted by molar-refractivity contribution is -0.146. The number of allylic oxidation sites excluding steroid dienone is 1. The fourth-order valence-corrected chi connectivity index (χ4v) is 3.14. The van der Waals surface area contributed by atoms with E-state index in [1.54, 1.807) is 0 Å². The van der Waals surface area contributed by atoms with Crippen LogP contribution in [0.15, 0.2) is 12.2 Å². The van der Waals surface area contributed by atoms with Gasteiger partial charge in [0.25, 0.3) is 0 Å². The zero-order chi connectivity index (χ0) is 19.5. The molecule has 0 bridgehead atoms. The summed E-state index contributed by atoms with van der Waals surface area (Å²) in [7, 11) is 0. The van der Waals surface area contributed by atoms with Gasteiger partial charge in [0.1, 0.15) is 0 Å². The molecule has 0 aromatic carbocycles. The maximum atomic E-state index is 10.9. The van der Waals surface area contributed by atoms with Crippen LogP contribution in [-0.2, 0) is 9.59 Å². The van der Waals surface area contributed by atoms with Crippen molar-refractivity contribution in [1.29, 1.82) is 0 Å². The van der Waals surface area contributed by atoms with Gasteiger partial charge < -0.3 is 10.2 Å². The third kappa shape index (κ3) is 17.5. The summed E-state index contributed by atoms with van der Waals surface area (Å²) in [5.41, 5.74) is 0. The Kier molecular flexibility index (Phi) is 17.5. The molecule has 2 N–H and O–H groups in total. The van der Waals surface area contributed by atoms with Crippen molar-refractivity contribution in [2.45, 2.75) is 110 Å². The number of rotatable bonds is 19. The van der Waals surface area contributed by atoms with E-state index in [0.717, 1.165) is 12.8 Å². The predicted molar refractivity (Wildman–Crippen MR) is 107 cm³/mol. The van der Waals surface area contributed by atoms with Crippen molar-refractivity contribution in [3.8, 4) is 0 Å². The van der Waals surface area contributed by atoms with Crippen LogP contribution in [0, 0.1) is 5.92 Å². The van der Waals surface area contributed by atoms with E-state index in [9.17, 15) is 9.59 Å². The molecule has 26 heavy (non-hydrogen) atoms. The van der Waals surface area contributed by atoms with Gasteiger partial charge in [0, 0.05) is 0 Å². The Bertz CT molecular complexity index is 376. The Morgan fingerprint density at radius 1 is 0.731 bits per heavy atom. The molecule has 0 saturated carbocycles. The van der Waals surface area contributed by atoms with E-state index < -0.39 is 17.9 Å². The van der Waals surface area contributed by atoms with Gasteiger partial charge in [-0.15, -0.1) is 0 Å². The average molecular weight is 369 g/mol. The summed E-state index contributed by atoms with van der Waals surface area (Å²) in [6, 6.07) is 0. The maximum absolute atomic E-state index is 10.9. The monoisotopic (exact) mass is 368 g/mol. The van der Waals surface area contributed by atoms with E-state index in [1.165, 1.54) is 89.5 Å². The van der Waals surface area contributed by atoms with Crippen LogP contribution < -0.4 is 0 Å². The summed E-state index contributed by atoms with van der Waals surface area (Å²) < 4.78 is 0. The number of hydrogen-bond donors (Lipinski definition) is 2. The quantitative estimate of drug-likeness (QED) is 0.199. The van der Waals surface area contributed by atoms with Gasteiger partial charge in [-0.05, 0) is 12.8 Å². The SMILES string of the molecule is CCCCCCCCCCCCCCCC/C=C/[C@@H](CC(=O)O)C(=O)O. The Balaban J connectivity index is 3.36. The second-order valence-electron chi connectivity index (χ2n) is 7.36. The van der Waals surface area contributed by atoms with Crippen LogP contribution in [0.2, 0.25) is 0 Å². The number of carboxylic acids is 2. The minimum atomic E-state index is -1.07. The number of unbranched alkanes of at least 4 members (excludes halogenated alkanes) is 14. The van der Waals surface area contributed by atoms with Gasteiger partial charge in [0.2, 0.25) is 0 Å². The molecular weight excluding hydrogens is 328 g/mol. The number of hydrogen-bond acceptors (Lipinski definition) is 2. The number of carbonyl (C=O) groups is 2. The highest BCUT2D eigenvalue weighted by molar-refractivity contribution is 5.79. The molecule has 4 heteroatoms. The second-order valence-corrected chi connectivity index (χ2v) is 7.36. The predicted octanol–water partition coefficient (Wildman–Crippen LogP) is 6.59. The summed E-state index contributed by atoms with van der Waals surface area (Å²) >= 11 is 0. The molecule has 152 valence electrons. The van der Waals surface area contributed by atoms with Crippen LogP contribution in [0.25, 0.3) is 0 Å². The zero-order valence-corrected chi connectivity index (χ0v) is 16.8. The van der Waals surface area contributed by atoms with Crippen molar-refractivity contribution in [2.75, 3.05) is 0 Å². The molecule has 0 unspecified atom stereocenters. The van der Waals surface area contributed by atoms with E-state index in [1.807, 2.05) is 6.08 Å². The Morgan fingerprint density at radius 2 is 1.15 bits per heavy atom. The summed E-state index contributed by atoms with van der Waals surface area (Å²) in [6.07, 6.45) is 22.3. The Labute approximate surface area is 160 Å². The minimum absolute atomic E-state index is 0.343. The fraction of sp³-hybridized carbons (Fsp3) is 0.818. The molecule has 0 amide bonds. The van der Waals surface area contributed by atoms with E-state index in [-0.39, 0.29) is 6.42 Å². The lowest BCUT2D eigenvalue weighted by Crippen LogP contribution is -2.15. The van der Waals surface area contributed by atoms with Crippen molar-refractivity contribution >= 4 is 11.9 Å². The maximum Gasteiger partial charge on any atom is 0.310 e. The van der Waals surface area contributed by atoms with Crippen LogP contribution >= 0.6 is 0 Å². The summed E-state index contributed by atoms with van der Waals surface area (Å²) in [5.74, 6) is -3.04. The van der Waals surface area contributed by atoms with E-state index in [0.29, 0.717) is 0 Å². The topological polar surface area (TPSA) is 74.6 Å². The molecule has 0 rings (SSSR count). The molecule has 0 radical (unpaired) electrons. The largest absolute Gasteiger partial charge is 0.481 e. The molecule has 0 aromatic heterocycles. The summed E-state index contributed by atoms with van der Waals surface area (Å²) in [4.78, 5) is 21.5. The van der Waals surface area contributed by atoms with Gasteiger partial charge in [-0.2, -0.15) is 0 Å². The summed E-state index contributed by atoms with van der Waals surface area (Å²) in [5, 5.41) is 17.6. The molecule has 0 aliphatic heterocycles. The molecule has 0 aromatic rings. The molecule has 0 heterocycles. The normalized spacial score (nSPS) is 12.5. The number of aliphatic carboxylic acids is 2. The van der Waals surface area contributed by atoms with Crippen molar-refractivity contribution < 1.29 is 19.8 Å². The van der Waals surface area contributed by atoms with Crippen LogP contribution in [0.1, 0.15) is 110 Å². The molecule has 4 nitrogen and oxygen atoms in total. The minimum Gasteiger partial charge on any atom is -0.481 e. The lowest BCUT2D eigenvalue weighted by Gasteiger charge is -2.04. The molecule has 0 spiro atoms. The van der Waals surface area contributed by atoms with Crippen LogP contribution in [0.5, 0.6) is 0 Å². The molecule has 0 fully saturated rings. The second kappa shape index (κ2) is 18.5. The van der Waals surface area contributed by atoms with Gasteiger partial charge in [-0.25, -0.2) is 0 Å². The van der Waals surface area contributed by atoms with Gasteiger partial charge in [-0.1, -0.05) is 103 Å². The highest BCUT2D eigenvalue weighted by atomic mass is 16.4. The van der Waals surface area contributed by atoms with E-state index >= 15 is 0 Å². The van der Waals surface area contributed by atoms with Crippen LogP contribution in [-0.4, -0.2) is 22.2 Å². The van der Waals surface area contributed by atoms with Crippen molar-refractivity contribution in [3.63, 3.8) is 0 Å². The molecular formula is C22H40O4. The Morgan fingerprint density at radius 3 is 1.54 bits per heavy atom. The van der Waals surface area contributed by atoms with Crippen molar-refractivity contribution in [3.05, 3.63) is 12.2 Å². The van der Waals surface area contributed by atoms with Gasteiger partial charge in [-0.3, -0.25) is 9.59 Å². The van der Waals surface area contributed by atoms with Crippen LogP contribution in [0.3, 0.4) is 0 Å². The molecule has 0 aliphatic rings. The van der Waals surface area contributed by atoms with Gasteiger partial charge >= 0.3 is 11.9 Å². The van der Waals surface area contributed by atoms with Crippen LogP contribution in [0.4, 0.5) is 0 Å². The third-order valence-corrected chi connectivity index (χ3v) is 4.80. The lowest BCUT2D eigenvalue weighted by atomic mass is 10.0. The fourth-order valence-electron chi connectivity index (χ4n) is 3.14. The number of carboxylic acid groups (broad SMARTS) is 2. The first-order valence-electron chi connectivity index (χ1n) is 10.7. The van der Waals surface area contributed by atoms with E-state index in [4.69, 9.17) is 10.2 Å². The Hall–Kier alpha value is -1.32. The standard InChI is InChI=1S/C22H40O4/c1-2-3-4-5-6-7-8-9-10-11-12-13-14-15-16-17-18-20(22(25)26)19-21(23)24/h17-18,20H,2-16,19H2,1H3,(H,23,24)(H,25,26)/b18-17+/t20-/m0/s1. The van der Waals surface area contributed by atoms with E-state index in [2.05, 4.69) is 6.92 Å². The highest BCUT2D eigenvalue weighted by Crippen LogP contribution is 2.14. The van der Waals surface area contributed by atoms with Crippen molar-refractivity contribution in [1.82, 2.24) is 0 Å². The molecule has 1 atom stereocenters. The first kappa shape index (κ1) is 24.7. The average Bonchev–Trinajstić information content (AvgIpc) is 2.59.